The van der Waals surface area contributed by atoms with E-state index < -0.39 is 10.1 Å². The van der Waals surface area contributed by atoms with Gasteiger partial charge in [-0.05, 0) is 12.0 Å². The Labute approximate surface area is 95.1 Å². The molecule has 0 radical (unpaired) electrons. The molecule has 1 aromatic rings. The molecule has 1 rings (SSSR count). The van der Waals surface area contributed by atoms with E-state index in [0.717, 1.165) is 11.8 Å². The highest BCUT2D eigenvalue weighted by Crippen LogP contribution is 2.09. The fraction of sp³-hybridized carbons (Fsp3) is 0.400. The second kappa shape index (κ2) is 5.49. The zero-order valence-corrected chi connectivity index (χ0v) is 9.96. The van der Waals surface area contributed by atoms with Crippen LogP contribution in [-0.2, 0) is 20.7 Å². The molecule has 0 bridgehead atoms. The molecule has 0 amide bonds. The third-order valence-corrected chi connectivity index (χ3v) is 2.61. The van der Waals surface area contributed by atoms with E-state index in [4.69, 9.17) is 11.6 Å². The third kappa shape index (κ3) is 5.77. The number of hydrogen-bond acceptors (Lipinski definition) is 3. The molecule has 0 saturated heterocycles. The molecule has 15 heavy (non-hydrogen) atoms. The Morgan fingerprint density at radius 3 is 2.47 bits per heavy atom. The second-order valence-electron chi connectivity index (χ2n) is 3.28. The lowest BCUT2D eigenvalue weighted by molar-refractivity contribution is 0.319. The Balaban J connectivity index is 2.40. The smallest absolute Gasteiger partial charge is 0.264 e. The summed E-state index contributed by atoms with van der Waals surface area (Å²) in [5.74, 6) is 0. The Morgan fingerprint density at radius 1 is 1.33 bits per heavy atom. The van der Waals surface area contributed by atoms with Crippen molar-refractivity contribution in [3.05, 3.63) is 35.9 Å². The van der Waals surface area contributed by atoms with Crippen molar-refractivity contribution in [1.82, 2.24) is 0 Å². The molecular formula is C10H13ClO3S. The van der Waals surface area contributed by atoms with E-state index in [1.165, 1.54) is 0 Å². The van der Waals surface area contributed by atoms with Crippen molar-refractivity contribution < 1.29 is 12.6 Å². The van der Waals surface area contributed by atoms with Crippen LogP contribution in [0.2, 0.25) is 0 Å². The highest BCUT2D eigenvalue weighted by Gasteiger charge is 2.10. The molecule has 0 aliphatic rings. The lowest BCUT2D eigenvalue weighted by Gasteiger charge is -2.08. The van der Waals surface area contributed by atoms with Crippen LogP contribution in [0.4, 0.5) is 0 Å². The van der Waals surface area contributed by atoms with Gasteiger partial charge in [0.2, 0.25) is 0 Å². The maximum Gasteiger partial charge on any atom is 0.264 e. The molecule has 0 aromatic heterocycles. The number of alkyl halides is 1. The van der Waals surface area contributed by atoms with E-state index in [1.54, 1.807) is 0 Å². The average Bonchev–Trinajstić information content (AvgIpc) is 2.15. The summed E-state index contributed by atoms with van der Waals surface area (Å²) in [6.07, 6.45) is 1.61. The van der Waals surface area contributed by atoms with Gasteiger partial charge in [-0.2, -0.15) is 8.42 Å². The highest BCUT2D eigenvalue weighted by atomic mass is 35.5. The van der Waals surface area contributed by atoms with Gasteiger partial charge >= 0.3 is 0 Å². The first-order valence-corrected chi connectivity index (χ1v) is 6.75. The van der Waals surface area contributed by atoms with Crippen molar-refractivity contribution in [3.63, 3.8) is 0 Å². The zero-order valence-electron chi connectivity index (χ0n) is 8.39. The van der Waals surface area contributed by atoms with Crippen LogP contribution < -0.4 is 0 Å². The summed E-state index contributed by atoms with van der Waals surface area (Å²) in [4.78, 5) is 0. The molecule has 5 heteroatoms. The van der Waals surface area contributed by atoms with Crippen molar-refractivity contribution in [1.29, 1.82) is 0 Å². The normalized spacial score (nSPS) is 13.7. The van der Waals surface area contributed by atoms with E-state index in [9.17, 15) is 8.42 Å². The van der Waals surface area contributed by atoms with Gasteiger partial charge in [-0.25, -0.2) is 0 Å². The van der Waals surface area contributed by atoms with Gasteiger partial charge < -0.3 is 0 Å². The minimum atomic E-state index is -3.40. The van der Waals surface area contributed by atoms with Crippen molar-refractivity contribution in [2.24, 2.45) is 0 Å². The molecule has 84 valence electrons. The quantitative estimate of drug-likeness (QED) is 0.590. The van der Waals surface area contributed by atoms with Gasteiger partial charge in [0.15, 0.2) is 0 Å². The Kier molecular flexibility index (Phi) is 4.57. The summed E-state index contributed by atoms with van der Waals surface area (Å²) < 4.78 is 26.0. The molecule has 1 unspecified atom stereocenters. The van der Waals surface area contributed by atoms with Crippen molar-refractivity contribution in [2.75, 3.05) is 12.9 Å². The first kappa shape index (κ1) is 12.5. The Hall–Kier alpha value is -0.580. The van der Waals surface area contributed by atoms with Gasteiger partial charge in [-0.15, -0.1) is 11.6 Å². The van der Waals surface area contributed by atoms with Crippen LogP contribution in [0.25, 0.3) is 0 Å². The van der Waals surface area contributed by atoms with Crippen LogP contribution in [0.5, 0.6) is 0 Å². The van der Waals surface area contributed by atoms with Gasteiger partial charge in [0.1, 0.15) is 0 Å². The minimum absolute atomic E-state index is 0.00921. The lowest BCUT2D eigenvalue weighted by Crippen LogP contribution is -2.15. The lowest BCUT2D eigenvalue weighted by atomic mass is 10.1. The van der Waals surface area contributed by atoms with Gasteiger partial charge in [-0.1, -0.05) is 30.3 Å². The Bertz CT molecular complexity index is 388. The molecule has 0 fully saturated rings. The maximum absolute atomic E-state index is 10.7. The van der Waals surface area contributed by atoms with E-state index in [-0.39, 0.29) is 12.0 Å². The average molecular weight is 249 g/mol. The SMILES string of the molecule is CS(=O)(=O)OCC(Cl)Cc1ccccc1. The van der Waals surface area contributed by atoms with Crippen LogP contribution in [0.1, 0.15) is 5.56 Å². The largest absolute Gasteiger partial charge is 0.269 e. The van der Waals surface area contributed by atoms with E-state index in [2.05, 4.69) is 4.18 Å². The van der Waals surface area contributed by atoms with Crippen LogP contribution in [-0.4, -0.2) is 26.7 Å². The molecule has 0 heterocycles. The topological polar surface area (TPSA) is 43.4 Å². The minimum Gasteiger partial charge on any atom is -0.269 e. The van der Waals surface area contributed by atoms with Crippen molar-refractivity contribution in [3.8, 4) is 0 Å². The molecule has 1 atom stereocenters. The first-order chi connectivity index (χ1) is 6.97. The molecule has 1 aromatic carbocycles. The maximum atomic E-state index is 10.7. The number of benzene rings is 1. The van der Waals surface area contributed by atoms with Gasteiger partial charge in [0, 0.05) is 0 Å². The molecule has 0 aliphatic heterocycles. The summed E-state index contributed by atoms with van der Waals surface area (Å²) in [6, 6.07) is 9.62. The van der Waals surface area contributed by atoms with Crippen LogP contribution in [0.3, 0.4) is 0 Å². The van der Waals surface area contributed by atoms with Crippen molar-refractivity contribution in [2.45, 2.75) is 11.8 Å². The van der Waals surface area contributed by atoms with Crippen LogP contribution in [0.15, 0.2) is 30.3 Å². The van der Waals surface area contributed by atoms with E-state index >= 15 is 0 Å². The highest BCUT2D eigenvalue weighted by molar-refractivity contribution is 7.85. The summed E-state index contributed by atoms with van der Waals surface area (Å²) in [7, 11) is -3.40. The van der Waals surface area contributed by atoms with E-state index in [0.29, 0.717) is 6.42 Å². The van der Waals surface area contributed by atoms with Crippen molar-refractivity contribution >= 4 is 21.7 Å². The molecular weight excluding hydrogens is 236 g/mol. The standard InChI is InChI=1S/C10H13ClO3S/c1-15(12,13)14-8-10(11)7-9-5-3-2-4-6-9/h2-6,10H,7-8H2,1H3. The summed E-state index contributed by atoms with van der Waals surface area (Å²) in [5, 5.41) is -0.331. The summed E-state index contributed by atoms with van der Waals surface area (Å²) in [6.45, 7) is 0.00921. The molecule has 0 N–H and O–H groups in total. The Morgan fingerprint density at radius 2 is 1.93 bits per heavy atom. The van der Waals surface area contributed by atoms with E-state index in [1.807, 2.05) is 30.3 Å². The van der Waals surface area contributed by atoms with Crippen LogP contribution in [0, 0.1) is 0 Å². The number of halogens is 1. The second-order valence-corrected chi connectivity index (χ2v) is 5.54. The number of rotatable bonds is 5. The van der Waals surface area contributed by atoms with Gasteiger partial charge in [0.05, 0.1) is 18.2 Å². The van der Waals surface area contributed by atoms with Gasteiger partial charge in [0.25, 0.3) is 10.1 Å². The van der Waals surface area contributed by atoms with Crippen LogP contribution >= 0.6 is 11.6 Å². The van der Waals surface area contributed by atoms with Gasteiger partial charge in [-0.3, -0.25) is 4.18 Å². The first-order valence-electron chi connectivity index (χ1n) is 4.50. The summed E-state index contributed by atoms with van der Waals surface area (Å²) in [5.41, 5.74) is 1.06. The summed E-state index contributed by atoms with van der Waals surface area (Å²) >= 11 is 5.93. The third-order valence-electron chi connectivity index (χ3n) is 1.76. The predicted octanol–water partition coefficient (Wildman–Crippen LogP) is 1.81. The molecule has 3 nitrogen and oxygen atoms in total. The fourth-order valence-electron chi connectivity index (χ4n) is 1.13. The molecule has 0 aliphatic carbocycles. The zero-order chi connectivity index (χ0) is 11.3. The molecule has 0 saturated carbocycles. The predicted molar refractivity (Wildman–Crippen MR) is 60.6 cm³/mol. The number of hydrogen-bond donors (Lipinski definition) is 0. The molecule has 0 spiro atoms. The fourth-order valence-corrected chi connectivity index (χ4v) is 1.85. The monoisotopic (exact) mass is 248 g/mol.